The average molecular weight is 474 g/mol. The van der Waals surface area contributed by atoms with Crippen molar-refractivity contribution in [3.63, 3.8) is 0 Å². The van der Waals surface area contributed by atoms with Gasteiger partial charge in [-0.15, -0.1) is 0 Å². The molecule has 3 aromatic heterocycles. The number of ether oxygens (including phenoxy) is 1. The highest BCUT2D eigenvalue weighted by molar-refractivity contribution is 9.10. The van der Waals surface area contributed by atoms with Crippen LogP contribution in [0.25, 0.3) is 16.9 Å². The van der Waals surface area contributed by atoms with Gasteiger partial charge in [0.25, 0.3) is 0 Å². The second-order valence-corrected chi connectivity index (χ2v) is 9.14. The maximum atomic E-state index is 12.6. The molecule has 158 valence electrons. The van der Waals surface area contributed by atoms with Crippen molar-refractivity contribution in [2.75, 3.05) is 18.8 Å². The lowest BCUT2D eigenvalue weighted by molar-refractivity contribution is 0.0197. The van der Waals surface area contributed by atoms with Gasteiger partial charge in [-0.3, -0.25) is 9.97 Å². The number of anilines is 1. The fraction of sp³-hybridized carbons (Fsp3) is 0.450. The molecule has 1 atom stereocenters. The summed E-state index contributed by atoms with van der Waals surface area (Å²) < 4.78 is 7.83. The molecule has 0 saturated carbocycles. The van der Waals surface area contributed by atoms with Gasteiger partial charge in [-0.05, 0) is 49.5 Å². The summed E-state index contributed by atoms with van der Waals surface area (Å²) in [5, 5.41) is 4.37. The number of amides is 1. The SMILES string of the molecule is CC(C)(C)OC(=O)N1CCCC(c2nc3c(-c4cnccn4)cnn3c(N)c2Br)C1. The molecule has 0 spiro atoms. The van der Waals surface area contributed by atoms with Crippen molar-refractivity contribution in [2.24, 2.45) is 0 Å². The zero-order valence-electron chi connectivity index (χ0n) is 17.2. The number of carbonyl (C=O) groups excluding carboxylic acids is 1. The van der Waals surface area contributed by atoms with Gasteiger partial charge in [0.05, 0.1) is 33.8 Å². The molecular formula is C20H24BrN7O2. The molecule has 0 aromatic carbocycles. The Bertz CT molecular complexity index is 1080. The maximum absolute atomic E-state index is 12.6. The van der Waals surface area contributed by atoms with Gasteiger partial charge in [0.1, 0.15) is 11.4 Å². The van der Waals surface area contributed by atoms with Gasteiger partial charge in [-0.2, -0.15) is 9.61 Å². The van der Waals surface area contributed by atoms with Crippen LogP contribution in [0.2, 0.25) is 0 Å². The molecule has 1 saturated heterocycles. The van der Waals surface area contributed by atoms with Crippen LogP contribution >= 0.6 is 15.9 Å². The first-order valence-corrected chi connectivity index (χ1v) is 10.6. The number of nitrogen functional groups attached to an aromatic ring is 1. The third kappa shape index (κ3) is 3.96. The highest BCUT2D eigenvalue weighted by atomic mass is 79.9. The van der Waals surface area contributed by atoms with Crippen LogP contribution < -0.4 is 5.73 Å². The summed E-state index contributed by atoms with van der Waals surface area (Å²) in [6, 6.07) is 0. The molecule has 4 rings (SSSR count). The van der Waals surface area contributed by atoms with Crippen molar-refractivity contribution < 1.29 is 9.53 Å². The van der Waals surface area contributed by atoms with Crippen molar-refractivity contribution in [2.45, 2.75) is 45.1 Å². The number of likely N-dealkylation sites (tertiary alicyclic amines) is 1. The van der Waals surface area contributed by atoms with E-state index in [1.807, 2.05) is 20.8 Å². The first-order chi connectivity index (χ1) is 14.2. The number of hydrogen-bond acceptors (Lipinski definition) is 7. The Morgan fingerprint density at radius 2 is 2.10 bits per heavy atom. The van der Waals surface area contributed by atoms with Crippen LogP contribution in [0.4, 0.5) is 10.6 Å². The number of aromatic nitrogens is 5. The van der Waals surface area contributed by atoms with E-state index in [9.17, 15) is 4.79 Å². The molecule has 10 heteroatoms. The fourth-order valence-electron chi connectivity index (χ4n) is 3.60. The van der Waals surface area contributed by atoms with Gasteiger partial charge >= 0.3 is 6.09 Å². The predicted molar refractivity (Wildman–Crippen MR) is 116 cm³/mol. The largest absolute Gasteiger partial charge is 0.444 e. The summed E-state index contributed by atoms with van der Waals surface area (Å²) in [4.78, 5) is 27.7. The number of nitrogens with two attached hydrogens (primary N) is 1. The third-order valence-electron chi connectivity index (χ3n) is 4.95. The summed E-state index contributed by atoms with van der Waals surface area (Å²) in [5.41, 5.74) is 8.68. The molecule has 1 aliphatic rings. The molecule has 1 fully saturated rings. The van der Waals surface area contributed by atoms with E-state index in [1.54, 1.807) is 34.2 Å². The Balaban J connectivity index is 1.70. The summed E-state index contributed by atoms with van der Waals surface area (Å²) >= 11 is 3.60. The molecule has 3 aromatic rings. The summed E-state index contributed by atoms with van der Waals surface area (Å²) in [7, 11) is 0. The van der Waals surface area contributed by atoms with Crippen LogP contribution in [0.5, 0.6) is 0 Å². The topological polar surface area (TPSA) is 112 Å². The second kappa shape index (κ2) is 7.82. The first kappa shape index (κ1) is 20.5. The number of hydrogen-bond donors (Lipinski definition) is 1. The number of rotatable bonds is 2. The van der Waals surface area contributed by atoms with Crippen LogP contribution in [0, 0.1) is 0 Å². The Kier molecular flexibility index (Phi) is 5.35. The molecule has 0 bridgehead atoms. The fourth-order valence-corrected chi connectivity index (χ4v) is 4.18. The molecule has 1 aliphatic heterocycles. The lowest BCUT2D eigenvalue weighted by Gasteiger charge is -2.34. The molecule has 1 amide bonds. The number of piperidine rings is 1. The molecule has 0 radical (unpaired) electrons. The van der Waals surface area contributed by atoms with E-state index in [0.717, 1.165) is 24.1 Å². The Labute approximate surface area is 182 Å². The molecule has 0 aliphatic carbocycles. The van der Waals surface area contributed by atoms with Gasteiger partial charge in [0.15, 0.2) is 5.65 Å². The maximum Gasteiger partial charge on any atom is 0.410 e. The van der Waals surface area contributed by atoms with E-state index in [2.05, 4.69) is 31.0 Å². The summed E-state index contributed by atoms with van der Waals surface area (Å²) in [6.07, 6.45) is 8.05. The van der Waals surface area contributed by atoms with E-state index in [0.29, 0.717) is 34.7 Å². The molecule has 4 heterocycles. The minimum absolute atomic E-state index is 0.0255. The third-order valence-corrected chi connectivity index (χ3v) is 5.76. The van der Waals surface area contributed by atoms with Crippen LogP contribution in [0.3, 0.4) is 0 Å². The molecule has 30 heavy (non-hydrogen) atoms. The van der Waals surface area contributed by atoms with Gasteiger partial charge < -0.3 is 15.4 Å². The van der Waals surface area contributed by atoms with Crippen LogP contribution in [0.1, 0.15) is 45.2 Å². The van der Waals surface area contributed by atoms with E-state index in [-0.39, 0.29) is 12.0 Å². The number of nitrogens with zero attached hydrogens (tertiary/aromatic N) is 6. The molecular weight excluding hydrogens is 450 g/mol. The monoisotopic (exact) mass is 473 g/mol. The quantitative estimate of drug-likeness (QED) is 0.604. The zero-order chi connectivity index (χ0) is 21.5. The average Bonchev–Trinajstić information content (AvgIpc) is 3.14. The minimum atomic E-state index is -0.532. The lowest BCUT2D eigenvalue weighted by Crippen LogP contribution is -2.42. The standard InChI is InChI=1S/C20H24BrN7O2/c1-20(2,3)30-19(29)27-8-4-5-12(11-27)16-15(21)17(22)28-18(26-16)13(9-25-28)14-10-23-6-7-24-14/h6-7,9-10,12H,4-5,8,11,22H2,1-3H3. The van der Waals surface area contributed by atoms with Gasteiger partial charge in [-0.25, -0.2) is 9.78 Å². The summed E-state index contributed by atoms with van der Waals surface area (Å²) in [5.74, 6) is 0.483. The van der Waals surface area contributed by atoms with Crippen LogP contribution in [0.15, 0.2) is 29.3 Å². The van der Waals surface area contributed by atoms with Crippen LogP contribution in [-0.2, 0) is 4.74 Å². The lowest BCUT2D eigenvalue weighted by atomic mass is 9.94. The Morgan fingerprint density at radius 3 is 2.80 bits per heavy atom. The second-order valence-electron chi connectivity index (χ2n) is 8.35. The smallest absolute Gasteiger partial charge is 0.410 e. The predicted octanol–water partition coefficient (Wildman–Crippen LogP) is 3.65. The van der Waals surface area contributed by atoms with Gasteiger partial charge in [0, 0.05) is 31.4 Å². The van der Waals surface area contributed by atoms with Crippen molar-refractivity contribution >= 4 is 33.5 Å². The van der Waals surface area contributed by atoms with E-state index in [4.69, 9.17) is 15.5 Å². The number of halogens is 1. The highest BCUT2D eigenvalue weighted by Gasteiger charge is 2.31. The van der Waals surface area contributed by atoms with Crippen LogP contribution in [-0.4, -0.2) is 54.2 Å². The van der Waals surface area contributed by atoms with Gasteiger partial charge in [0.2, 0.25) is 0 Å². The van der Waals surface area contributed by atoms with Crippen molar-refractivity contribution in [3.05, 3.63) is 35.0 Å². The van der Waals surface area contributed by atoms with Crippen molar-refractivity contribution in [1.29, 1.82) is 0 Å². The molecule has 1 unspecified atom stereocenters. The zero-order valence-corrected chi connectivity index (χ0v) is 18.8. The molecule has 2 N–H and O–H groups in total. The van der Waals surface area contributed by atoms with Crippen molar-refractivity contribution in [3.8, 4) is 11.3 Å². The number of carbonyl (C=O) groups is 1. The summed E-state index contributed by atoms with van der Waals surface area (Å²) in [6.45, 7) is 6.79. The Hall–Kier alpha value is -2.75. The normalized spacial score (nSPS) is 17.3. The minimum Gasteiger partial charge on any atom is -0.444 e. The highest BCUT2D eigenvalue weighted by Crippen LogP contribution is 2.36. The van der Waals surface area contributed by atoms with E-state index in [1.165, 1.54) is 0 Å². The van der Waals surface area contributed by atoms with E-state index < -0.39 is 5.60 Å². The first-order valence-electron chi connectivity index (χ1n) is 9.81. The van der Waals surface area contributed by atoms with E-state index >= 15 is 0 Å². The number of fused-ring (bicyclic) bond motifs is 1. The van der Waals surface area contributed by atoms with Gasteiger partial charge in [-0.1, -0.05) is 0 Å². The Morgan fingerprint density at radius 1 is 1.30 bits per heavy atom. The molecule has 9 nitrogen and oxygen atoms in total. The van der Waals surface area contributed by atoms with Crippen molar-refractivity contribution in [1.82, 2.24) is 29.5 Å².